The second-order valence-corrected chi connectivity index (χ2v) is 9.14. The molecule has 192 valence electrons. The van der Waals surface area contributed by atoms with Gasteiger partial charge in [-0.15, -0.1) is 6.58 Å². The molecule has 2 aromatic rings. The molecular formula is C28H38N6O2. The number of benzene rings is 2. The summed E-state index contributed by atoms with van der Waals surface area (Å²) >= 11 is 0. The molecule has 5 N–H and O–H groups in total. The highest BCUT2D eigenvalue weighted by molar-refractivity contribution is 5.99. The zero-order valence-corrected chi connectivity index (χ0v) is 21.5. The maximum atomic E-state index is 13.1. The zero-order valence-electron chi connectivity index (χ0n) is 21.5. The summed E-state index contributed by atoms with van der Waals surface area (Å²) < 4.78 is 6.03. The predicted octanol–water partition coefficient (Wildman–Crippen LogP) is 3.33. The maximum absolute atomic E-state index is 13.1. The molecule has 1 aliphatic rings. The lowest BCUT2D eigenvalue weighted by atomic mass is 10.1. The summed E-state index contributed by atoms with van der Waals surface area (Å²) in [5.74, 6) is 6.79. The van der Waals surface area contributed by atoms with E-state index in [-0.39, 0.29) is 18.6 Å². The Bertz CT molecular complexity index is 1130. The van der Waals surface area contributed by atoms with Gasteiger partial charge in [0, 0.05) is 49.9 Å². The first-order valence-electron chi connectivity index (χ1n) is 12.0. The van der Waals surface area contributed by atoms with Gasteiger partial charge in [-0.3, -0.25) is 4.79 Å². The van der Waals surface area contributed by atoms with E-state index in [9.17, 15) is 4.79 Å². The third-order valence-electron chi connectivity index (χ3n) is 6.24. The van der Waals surface area contributed by atoms with Crippen LogP contribution in [0, 0.1) is 0 Å². The molecule has 0 fully saturated rings. The van der Waals surface area contributed by atoms with Crippen molar-refractivity contribution in [3.05, 3.63) is 96.0 Å². The summed E-state index contributed by atoms with van der Waals surface area (Å²) in [5.41, 5.74) is 11.3. The number of hydrogen-bond donors (Lipinski definition) is 3. The number of nitrogens with two attached hydrogens (primary N) is 2. The summed E-state index contributed by atoms with van der Waals surface area (Å²) in [6, 6.07) is 13.6. The molecule has 8 nitrogen and oxygen atoms in total. The van der Waals surface area contributed by atoms with Crippen LogP contribution < -0.4 is 26.5 Å². The zero-order chi connectivity index (χ0) is 26.2. The van der Waals surface area contributed by atoms with Crippen molar-refractivity contribution in [3.63, 3.8) is 0 Å². The minimum Gasteiger partial charge on any atom is -0.487 e. The predicted molar refractivity (Wildman–Crippen MR) is 146 cm³/mol. The van der Waals surface area contributed by atoms with E-state index in [1.165, 1.54) is 0 Å². The molecule has 8 heteroatoms. The molecule has 0 aliphatic carbocycles. The highest BCUT2D eigenvalue weighted by Gasteiger charge is 2.33. The number of hydrogen-bond acceptors (Lipinski definition) is 7. The molecule has 0 radical (unpaired) electrons. The molecular weight excluding hydrogens is 452 g/mol. The first-order chi connectivity index (χ1) is 17.2. The highest BCUT2D eigenvalue weighted by atomic mass is 16.5. The Morgan fingerprint density at radius 1 is 1.28 bits per heavy atom. The Balaban J connectivity index is 1.63. The van der Waals surface area contributed by atoms with Crippen LogP contribution in [-0.4, -0.2) is 49.6 Å². The van der Waals surface area contributed by atoms with Crippen LogP contribution in [-0.2, 0) is 13.1 Å². The Morgan fingerprint density at radius 3 is 2.72 bits per heavy atom. The van der Waals surface area contributed by atoms with Gasteiger partial charge in [-0.25, -0.2) is 5.84 Å². The van der Waals surface area contributed by atoms with Crippen LogP contribution in [0.4, 0.5) is 5.69 Å². The van der Waals surface area contributed by atoms with Crippen LogP contribution in [0.3, 0.4) is 0 Å². The lowest BCUT2D eigenvalue weighted by Crippen LogP contribution is -2.34. The summed E-state index contributed by atoms with van der Waals surface area (Å²) in [6.07, 6.45) is 5.00. The van der Waals surface area contributed by atoms with Crippen molar-refractivity contribution >= 4 is 11.6 Å². The van der Waals surface area contributed by atoms with Gasteiger partial charge >= 0.3 is 0 Å². The molecule has 1 heterocycles. The number of anilines is 1. The third kappa shape index (κ3) is 6.60. The number of nitrogens with zero attached hydrogens (tertiary/aromatic N) is 3. The largest absolute Gasteiger partial charge is 0.487 e. The van der Waals surface area contributed by atoms with Gasteiger partial charge in [0.15, 0.2) is 0 Å². The molecule has 2 aromatic carbocycles. The molecule has 1 atom stereocenters. The van der Waals surface area contributed by atoms with Crippen LogP contribution in [0.25, 0.3) is 0 Å². The fraction of sp³-hybridized carbons (Fsp3) is 0.321. The van der Waals surface area contributed by atoms with Crippen molar-refractivity contribution in [1.82, 2.24) is 15.2 Å². The van der Waals surface area contributed by atoms with E-state index in [4.69, 9.17) is 16.3 Å². The van der Waals surface area contributed by atoms with E-state index in [1.807, 2.05) is 73.4 Å². The van der Waals surface area contributed by atoms with E-state index in [1.54, 1.807) is 11.2 Å². The van der Waals surface area contributed by atoms with Gasteiger partial charge < -0.3 is 30.6 Å². The highest BCUT2D eigenvalue weighted by Crippen LogP contribution is 2.33. The van der Waals surface area contributed by atoms with E-state index in [0.29, 0.717) is 30.1 Å². The lowest BCUT2D eigenvalue weighted by Gasteiger charge is -2.25. The van der Waals surface area contributed by atoms with E-state index in [0.717, 1.165) is 35.4 Å². The van der Waals surface area contributed by atoms with Crippen molar-refractivity contribution < 1.29 is 9.53 Å². The fourth-order valence-electron chi connectivity index (χ4n) is 4.18. The average molecular weight is 491 g/mol. The summed E-state index contributed by atoms with van der Waals surface area (Å²) in [4.78, 5) is 17.0. The van der Waals surface area contributed by atoms with E-state index >= 15 is 0 Å². The number of fused-ring (bicyclic) bond motifs is 1. The van der Waals surface area contributed by atoms with E-state index < -0.39 is 0 Å². The number of rotatable bonds is 13. The van der Waals surface area contributed by atoms with Gasteiger partial charge in [0.05, 0.1) is 24.8 Å². The Morgan fingerprint density at radius 2 is 2.03 bits per heavy atom. The molecule has 36 heavy (non-hydrogen) atoms. The summed E-state index contributed by atoms with van der Waals surface area (Å²) in [7, 11) is 5.85. The Hall–Kier alpha value is -3.91. The normalized spacial score (nSPS) is 13.7. The van der Waals surface area contributed by atoms with Crippen LogP contribution >= 0.6 is 0 Å². The first kappa shape index (κ1) is 26.7. The summed E-state index contributed by atoms with van der Waals surface area (Å²) in [6.45, 7) is 9.04. The van der Waals surface area contributed by atoms with Gasteiger partial charge in [0.1, 0.15) is 12.4 Å². The monoisotopic (exact) mass is 490 g/mol. The van der Waals surface area contributed by atoms with Crippen LogP contribution in [0.1, 0.15) is 34.3 Å². The van der Waals surface area contributed by atoms with Gasteiger partial charge in [-0.2, -0.15) is 0 Å². The smallest absolute Gasteiger partial charge is 0.255 e. The number of carbonyl (C=O) groups excluding carboxylic acids is 1. The van der Waals surface area contributed by atoms with Crippen LogP contribution in [0.15, 0.2) is 79.3 Å². The van der Waals surface area contributed by atoms with Crippen LogP contribution in [0.5, 0.6) is 5.75 Å². The number of ether oxygens (including phenoxy) is 1. The second kappa shape index (κ2) is 12.2. The van der Waals surface area contributed by atoms with E-state index in [2.05, 4.69) is 24.5 Å². The quantitative estimate of drug-likeness (QED) is 0.225. The number of hydrazine groups is 1. The third-order valence-corrected chi connectivity index (χ3v) is 6.24. The fourth-order valence-corrected chi connectivity index (χ4v) is 4.18. The van der Waals surface area contributed by atoms with Crippen LogP contribution in [0.2, 0.25) is 0 Å². The first-order valence-corrected chi connectivity index (χ1v) is 12.0. The van der Waals surface area contributed by atoms with Gasteiger partial charge in [0.2, 0.25) is 0 Å². The minimum atomic E-state index is -0.0930. The number of carbonyl (C=O) groups is 1. The Labute approximate surface area is 214 Å². The number of allylic oxidation sites excluding steroid dienone is 1. The van der Waals surface area contributed by atoms with Crippen molar-refractivity contribution in [1.29, 1.82) is 0 Å². The molecule has 0 bridgehead atoms. The molecule has 3 rings (SSSR count). The maximum Gasteiger partial charge on any atom is 0.255 e. The number of amides is 1. The average Bonchev–Trinajstić information content (AvgIpc) is 3.19. The van der Waals surface area contributed by atoms with Crippen molar-refractivity contribution in [2.45, 2.75) is 32.0 Å². The molecule has 0 saturated heterocycles. The molecule has 0 spiro atoms. The SMILES string of the molecule is C=CC(CCC(=C)NC)N1Cc2c(OC/C(N)=C/N(N)Cc3cccc(N(C)C)c3)cccc2C1=O. The standard InChI is InChI=1S/C28H38N6O2/c1-6-23(14-13-20(2)31-3)34-18-26-25(28(34)35)11-8-12-27(26)36-19-22(29)17-33(30)16-21-9-7-10-24(15-21)32(4)5/h6-12,15,17,23,31H,1-2,13-14,16,18-19,29-30H2,3-5H3/b22-17-. The minimum absolute atomic E-state index is 0.0213. The van der Waals surface area contributed by atoms with Gasteiger partial charge in [-0.1, -0.05) is 30.9 Å². The van der Waals surface area contributed by atoms with Crippen molar-refractivity contribution in [3.8, 4) is 5.75 Å². The van der Waals surface area contributed by atoms with Gasteiger partial charge in [0.25, 0.3) is 5.91 Å². The number of nitrogens with one attached hydrogen (secondary N) is 1. The topological polar surface area (TPSA) is 100 Å². The van der Waals surface area contributed by atoms with Crippen molar-refractivity contribution in [2.75, 3.05) is 32.6 Å². The summed E-state index contributed by atoms with van der Waals surface area (Å²) in [5, 5.41) is 4.59. The van der Waals surface area contributed by atoms with Gasteiger partial charge in [-0.05, 0) is 42.7 Å². The molecule has 1 unspecified atom stereocenters. The molecule has 1 aliphatic heterocycles. The molecule has 1 amide bonds. The Kier molecular flexibility index (Phi) is 9.02. The lowest BCUT2D eigenvalue weighted by molar-refractivity contribution is 0.0730. The molecule has 0 saturated carbocycles. The molecule has 0 aromatic heterocycles. The van der Waals surface area contributed by atoms with Crippen molar-refractivity contribution in [2.24, 2.45) is 11.6 Å². The second-order valence-electron chi connectivity index (χ2n) is 9.14.